The second kappa shape index (κ2) is 3.65. The Kier molecular flexibility index (Phi) is 2.33. The van der Waals surface area contributed by atoms with Crippen molar-refractivity contribution in [3.8, 4) is 11.5 Å². The molecule has 0 bridgehead atoms. The third-order valence-corrected chi connectivity index (χ3v) is 1.96. The van der Waals surface area contributed by atoms with Gasteiger partial charge < -0.3 is 4.42 Å². The molecule has 1 heterocycles. The van der Waals surface area contributed by atoms with Gasteiger partial charge in [-0.2, -0.15) is 0 Å². The maximum Gasteiger partial charge on any atom is 0.229 e. The van der Waals surface area contributed by atoms with Gasteiger partial charge in [-0.25, -0.2) is 9.37 Å². The lowest BCUT2D eigenvalue weighted by Gasteiger charge is -1.96. The van der Waals surface area contributed by atoms with Gasteiger partial charge in [0.25, 0.3) is 0 Å². The minimum atomic E-state index is -0.422. The van der Waals surface area contributed by atoms with Crippen molar-refractivity contribution < 1.29 is 13.6 Å². The molecule has 0 saturated carbocycles. The van der Waals surface area contributed by atoms with E-state index in [0.717, 1.165) is 0 Å². The van der Waals surface area contributed by atoms with Crippen LogP contribution in [0, 0.1) is 5.82 Å². The number of carbonyl (C=O) groups is 1. The van der Waals surface area contributed by atoms with E-state index in [0.29, 0.717) is 0 Å². The van der Waals surface area contributed by atoms with Crippen LogP contribution in [-0.4, -0.2) is 10.8 Å². The van der Waals surface area contributed by atoms with Gasteiger partial charge in [0.1, 0.15) is 5.82 Å². The third kappa shape index (κ3) is 1.79. The summed E-state index contributed by atoms with van der Waals surface area (Å²) in [5.74, 6) is -0.397. The van der Waals surface area contributed by atoms with Gasteiger partial charge in [0, 0.05) is 6.92 Å². The highest BCUT2D eigenvalue weighted by molar-refractivity contribution is 5.91. The van der Waals surface area contributed by atoms with Crippen LogP contribution in [0.5, 0.6) is 0 Å². The number of rotatable bonds is 2. The molecule has 4 heteroatoms. The lowest BCUT2D eigenvalue weighted by atomic mass is 10.2. The number of Topliss-reactive ketones (excluding diaryl/α,β-unsaturated/α-hetero) is 1. The molecule has 1 aromatic heterocycles. The van der Waals surface area contributed by atoms with E-state index in [1.54, 1.807) is 18.2 Å². The predicted octanol–water partition coefficient (Wildman–Crippen LogP) is 2.68. The van der Waals surface area contributed by atoms with Crippen molar-refractivity contribution in [2.24, 2.45) is 0 Å². The van der Waals surface area contributed by atoms with Gasteiger partial charge in [0.15, 0.2) is 11.5 Å². The van der Waals surface area contributed by atoms with Crippen molar-refractivity contribution in [2.45, 2.75) is 6.92 Å². The van der Waals surface area contributed by atoms with E-state index in [1.165, 1.54) is 19.2 Å². The Labute approximate surface area is 85.6 Å². The Bertz CT molecular complexity index is 505. The van der Waals surface area contributed by atoms with Crippen LogP contribution in [0.3, 0.4) is 0 Å². The number of nitrogens with zero attached hydrogens (tertiary/aromatic N) is 1. The van der Waals surface area contributed by atoms with E-state index in [4.69, 9.17) is 4.42 Å². The van der Waals surface area contributed by atoms with Gasteiger partial charge >= 0.3 is 0 Å². The summed E-state index contributed by atoms with van der Waals surface area (Å²) >= 11 is 0. The number of oxazole rings is 1. The van der Waals surface area contributed by atoms with Crippen molar-refractivity contribution in [1.29, 1.82) is 0 Å². The fraction of sp³-hybridized carbons (Fsp3) is 0.0909. The highest BCUT2D eigenvalue weighted by Gasteiger charge is 2.12. The summed E-state index contributed by atoms with van der Waals surface area (Å²) in [7, 11) is 0. The molecule has 0 fully saturated rings. The fourth-order valence-electron chi connectivity index (χ4n) is 1.20. The van der Waals surface area contributed by atoms with Gasteiger partial charge in [-0.1, -0.05) is 12.1 Å². The van der Waals surface area contributed by atoms with Gasteiger partial charge in [0.2, 0.25) is 5.89 Å². The molecule has 3 nitrogen and oxygen atoms in total. The van der Waals surface area contributed by atoms with Crippen LogP contribution in [0.15, 0.2) is 34.9 Å². The van der Waals surface area contributed by atoms with Crippen molar-refractivity contribution in [3.05, 3.63) is 42.0 Å². The quantitative estimate of drug-likeness (QED) is 0.708. The highest BCUT2D eigenvalue weighted by atomic mass is 19.1. The molecule has 0 amide bonds. The van der Waals surface area contributed by atoms with E-state index in [9.17, 15) is 9.18 Å². The first kappa shape index (κ1) is 9.58. The normalized spacial score (nSPS) is 10.3. The van der Waals surface area contributed by atoms with Crippen LogP contribution in [0.4, 0.5) is 4.39 Å². The zero-order valence-corrected chi connectivity index (χ0v) is 8.03. The second-order valence-electron chi connectivity index (χ2n) is 3.07. The maximum atomic E-state index is 13.3. The van der Waals surface area contributed by atoms with Crippen LogP contribution in [0.1, 0.15) is 17.5 Å². The Balaban J connectivity index is 2.46. The lowest BCUT2D eigenvalue weighted by Crippen LogP contribution is -1.86. The fourth-order valence-corrected chi connectivity index (χ4v) is 1.20. The zero-order valence-electron chi connectivity index (χ0n) is 8.03. The molecule has 0 radical (unpaired) electrons. The van der Waals surface area contributed by atoms with E-state index in [-0.39, 0.29) is 23.0 Å². The average Bonchev–Trinajstić information content (AvgIpc) is 2.67. The zero-order chi connectivity index (χ0) is 10.8. The molecular formula is C11H8FNO2. The second-order valence-corrected chi connectivity index (χ2v) is 3.07. The minimum absolute atomic E-state index is 0.123. The molecule has 15 heavy (non-hydrogen) atoms. The Morgan fingerprint density at radius 2 is 2.13 bits per heavy atom. The lowest BCUT2D eigenvalue weighted by molar-refractivity contribution is 0.0988. The Morgan fingerprint density at radius 3 is 2.73 bits per heavy atom. The van der Waals surface area contributed by atoms with Crippen LogP contribution in [-0.2, 0) is 0 Å². The standard InChI is InChI=1S/C11H8FNO2/c1-7(14)10-6-13-11(15-10)8-4-2-3-5-9(8)12/h2-6H,1H3. The highest BCUT2D eigenvalue weighted by Crippen LogP contribution is 2.21. The minimum Gasteiger partial charge on any atom is -0.433 e. The van der Waals surface area contributed by atoms with Crippen molar-refractivity contribution in [3.63, 3.8) is 0 Å². The van der Waals surface area contributed by atoms with E-state index >= 15 is 0 Å². The third-order valence-electron chi connectivity index (χ3n) is 1.96. The molecule has 0 spiro atoms. The first-order valence-electron chi connectivity index (χ1n) is 4.40. The molecule has 0 unspecified atom stereocenters. The Hall–Kier alpha value is -1.97. The monoisotopic (exact) mass is 205 g/mol. The molecular weight excluding hydrogens is 197 g/mol. The largest absolute Gasteiger partial charge is 0.433 e. The average molecular weight is 205 g/mol. The van der Waals surface area contributed by atoms with Crippen LogP contribution < -0.4 is 0 Å². The summed E-state index contributed by atoms with van der Waals surface area (Å²) in [4.78, 5) is 14.8. The molecule has 1 aromatic carbocycles. The molecule has 0 N–H and O–H groups in total. The topological polar surface area (TPSA) is 43.1 Å². The van der Waals surface area contributed by atoms with E-state index < -0.39 is 5.82 Å². The summed E-state index contributed by atoms with van der Waals surface area (Å²) in [5.41, 5.74) is 0.255. The summed E-state index contributed by atoms with van der Waals surface area (Å²) in [5, 5.41) is 0. The van der Waals surface area contributed by atoms with E-state index in [2.05, 4.69) is 4.98 Å². The van der Waals surface area contributed by atoms with Gasteiger partial charge in [-0.15, -0.1) is 0 Å². The summed E-state index contributed by atoms with van der Waals surface area (Å²) in [6, 6.07) is 6.11. The van der Waals surface area contributed by atoms with Crippen LogP contribution in [0.2, 0.25) is 0 Å². The first-order chi connectivity index (χ1) is 7.18. The number of carbonyl (C=O) groups excluding carboxylic acids is 1. The van der Waals surface area contributed by atoms with Crippen molar-refractivity contribution in [1.82, 2.24) is 4.98 Å². The molecule has 0 atom stereocenters. The van der Waals surface area contributed by atoms with Crippen molar-refractivity contribution >= 4 is 5.78 Å². The summed E-state index contributed by atoms with van der Waals surface area (Å²) < 4.78 is 18.4. The molecule has 0 aliphatic carbocycles. The molecule has 2 rings (SSSR count). The van der Waals surface area contributed by atoms with Crippen LogP contribution >= 0.6 is 0 Å². The molecule has 0 aliphatic heterocycles. The first-order valence-corrected chi connectivity index (χ1v) is 4.40. The molecule has 76 valence electrons. The SMILES string of the molecule is CC(=O)c1cnc(-c2ccccc2F)o1. The van der Waals surface area contributed by atoms with Gasteiger partial charge in [-0.3, -0.25) is 4.79 Å². The maximum absolute atomic E-state index is 13.3. The number of ketones is 1. The number of aromatic nitrogens is 1. The van der Waals surface area contributed by atoms with Gasteiger partial charge in [-0.05, 0) is 12.1 Å². The summed E-state index contributed by atoms with van der Waals surface area (Å²) in [6.45, 7) is 1.37. The number of benzene rings is 1. The Morgan fingerprint density at radius 1 is 1.40 bits per heavy atom. The molecule has 0 saturated heterocycles. The van der Waals surface area contributed by atoms with E-state index in [1.807, 2.05) is 0 Å². The summed E-state index contributed by atoms with van der Waals surface area (Å²) in [6.07, 6.45) is 1.30. The number of hydrogen-bond donors (Lipinski definition) is 0. The number of hydrogen-bond acceptors (Lipinski definition) is 3. The van der Waals surface area contributed by atoms with Crippen molar-refractivity contribution in [2.75, 3.05) is 0 Å². The van der Waals surface area contributed by atoms with Gasteiger partial charge in [0.05, 0.1) is 11.8 Å². The number of halogens is 1. The predicted molar refractivity (Wildman–Crippen MR) is 51.9 cm³/mol. The van der Waals surface area contributed by atoms with Crippen LogP contribution in [0.25, 0.3) is 11.5 Å². The smallest absolute Gasteiger partial charge is 0.229 e. The molecule has 2 aromatic rings. The molecule has 0 aliphatic rings.